The molecule has 0 aliphatic heterocycles. The summed E-state index contributed by atoms with van der Waals surface area (Å²) in [5.74, 6) is -7.75. The summed E-state index contributed by atoms with van der Waals surface area (Å²) in [6, 6.07) is 12.0. The van der Waals surface area contributed by atoms with Gasteiger partial charge in [-0.3, -0.25) is 14.4 Å². The standard InChI is InChI=1S/C29H29F3N2O5/c30-21-7-3-1-5-16(21)9-19(13-26(36)24(33)11-17-6-2-4-8-22(17)31)25(35)14-20(29(34)39)10-18-12-27(37)28(38)15-23(18)32/h1-8,12,15,19-20,24,37-38H,9-11,13-14,33H2,(H2,34,39). The fourth-order valence-electron chi connectivity index (χ4n) is 4.34. The smallest absolute Gasteiger partial charge is 0.221 e. The van der Waals surface area contributed by atoms with Crippen LogP contribution in [0.4, 0.5) is 13.2 Å². The van der Waals surface area contributed by atoms with Crippen LogP contribution in [0.1, 0.15) is 29.5 Å². The third kappa shape index (κ3) is 7.90. The molecular weight excluding hydrogens is 513 g/mol. The van der Waals surface area contributed by atoms with Crippen molar-refractivity contribution < 1.29 is 37.8 Å². The molecule has 0 spiro atoms. The van der Waals surface area contributed by atoms with Crippen LogP contribution >= 0.6 is 0 Å². The van der Waals surface area contributed by atoms with Gasteiger partial charge in [0, 0.05) is 30.7 Å². The van der Waals surface area contributed by atoms with Crippen molar-refractivity contribution in [3.63, 3.8) is 0 Å². The quantitative estimate of drug-likeness (QED) is 0.244. The van der Waals surface area contributed by atoms with E-state index in [4.69, 9.17) is 11.5 Å². The number of ketones is 2. The zero-order valence-corrected chi connectivity index (χ0v) is 20.9. The molecule has 3 atom stereocenters. The van der Waals surface area contributed by atoms with E-state index in [1.165, 1.54) is 36.4 Å². The summed E-state index contributed by atoms with van der Waals surface area (Å²) < 4.78 is 42.8. The number of amides is 1. The lowest BCUT2D eigenvalue weighted by atomic mass is 9.83. The predicted molar refractivity (Wildman–Crippen MR) is 137 cm³/mol. The lowest BCUT2D eigenvalue weighted by molar-refractivity contribution is -0.131. The topological polar surface area (TPSA) is 144 Å². The number of rotatable bonds is 13. The van der Waals surface area contributed by atoms with Crippen molar-refractivity contribution in [2.75, 3.05) is 0 Å². The van der Waals surface area contributed by atoms with Gasteiger partial charge in [0.25, 0.3) is 0 Å². The van der Waals surface area contributed by atoms with E-state index in [1.54, 1.807) is 12.1 Å². The molecular formula is C29H29F3N2O5. The van der Waals surface area contributed by atoms with Crippen molar-refractivity contribution in [2.45, 2.75) is 38.1 Å². The Morgan fingerprint density at radius 1 is 0.667 bits per heavy atom. The maximum atomic E-state index is 14.4. The number of carbonyl (C=O) groups is 3. The summed E-state index contributed by atoms with van der Waals surface area (Å²) in [5.41, 5.74) is 11.7. The fraction of sp³-hybridized carbons (Fsp3) is 0.276. The second-order valence-electron chi connectivity index (χ2n) is 9.47. The molecule has 0 saturated heterocycles. The van der Waals surface area contributed by atoms with Crippen LogP contribution in [0, 0.1) is 29.3 Å². The number of phenolic OH excluding ortho intramolecular Hbond substituents is 2. The number of hydrogen-bond donors (Lipinski definition) is 4. The van der Waals surface area contributed by atoms with Crippen molar-refractivity contribution in [3.05, 3.63) is 94.8 Å². The minimum absolute atomic E-state index is 0.111. The second kappa shape index (κ2) is 13.1. The Balaban J connectivity index is 1.81. The van der Waals surface area contributed by atoms with E-state index in [0.29, 0.717) is 6.07 Å². The lowest BCUT2D eigenvalue weighted by Gasteiger charge is -2.21. The highest BCUT2D eigenvalue weighted by atomic mass is 19.1. The van der Waals surface area contributed by atoms with Crippen molar-refractivity contribution in [3.8, 4) is 11.5 Å². The summed E-state index contributed by atoms with van der Waals surface area (Å²) in [4.78, 5) is 38.5. The van der Waals surface area contributed by atoms with E-state index in [2.05, 4.69) is 0 Å². The molecule has 3 aromatic rings. The van der Waals surface area contributed by atoms with Gasteiger partial charge in [-0.05, 0) is 54.2 Å². The minimum atomic E-state index is -1.22. The van der Waals surface area contributed by atoms with E-state index >= 15 is 0 Å². The molecule has 3 rings (SSSR count). The van der Waals surface area contributed by atoms with Crippen molar-refractivity contribution >= 4 is 17.5 Å². The highest BCUT2D eigenvalue weighted by Crippen LogP contribution is 2.30. The molecule has 7 nitrogen and oxygen atoms in total. The zero-order chi connectivity index (χ0) is 28.7. The van der Waals surface area contributed by atoms with E-state index in [-0.39, 0.29) is 36.0 Å². The van der Waals surface area contributed by atoms with Crippen LogP contribution in [-0.2, 0) is 33.6 Å². The summed E-state index contributed by atoms with van der Waals surface area (Å²) in [6.07, 6.45) is -1.55. The van der Waals surface area contributed by atoms with E-state index in [0.717, 1.165) is 6.07 Å². The van der Waals surface area contributed by atoms with Gasteiger partial charge >= 0.3 is 0 Å². The van der Waals surface area contributed by atoms with E-state index in [1.807, 2.05) is 0 Å². The number of carbonyl (C=O) groups excluding carboxylic acids is 3. The second-order valence-corrected chi connectivity index (χ2v) is 9.47. The molecule has 0 saturated carbocycles. The number of primary amides is 1. The van der Waals surface area contributed by atoms with Crippen LogP contribution < -0.4 is 11.5 Å². The molecule has 0 fully saturated rings. The maximum Gasteiger partial charge on any atom is 0.221 e. The molecule has 0 bridgehead atoms. The molecule has 3 unspecified atom stereocenters. The summed E-state index contributed by atoms with van der Waals surface area (Å²) >= 11 is 0. The van der Waals surface area contributed by atoms with Crippen LogP contribution in [-0.4, -0.2) is 33.7 Å². The third-order valence-electron chi connectivity index (χ3n) is 6.60. The van der Waals surface area contributed by atoms with Gasteiger partial charge in [0.2, 0.25) is 5.91 Å². The highest BCUT2D eigenvalue weighted by Gasteiger charge is 2.30. The minimum Gasteiger partial charge on any atom is -0.504 e. The van der Waals surface area contributed by atoms with Gasteiger partial charge in [-0.25, -0.2) is 13.2 Å². The number of phenols is 2. The molecule has 0 aliphatic rings. The third-order valence-corrected chi connectivity index (χ3v) is 6.60. The molecule has 206 valence electrons. The SMILES string of the molecule is NC(=O)C(CC(=O)C(CC(=O)C(N)Cc1ccccc1F)Cc1ccccc1F)Cc1cc(O)c(O)cc1F. The van der Waals surface area contributed by atoms with E-state index < -0.39 is 77.1 Å². The average Bonchev–Trinajstić information content (AvgIpc) is 2.88. The molecule has 6 N–H and O–H groups in total. The molecule has 0 heterocycles. The maximum absolute atomic E-state index is 14.4. The molecule has 1 amide bonds. The first kappa shape index (κ1) is 29.4. The Morgan fingerprint density at radius 3 is 1.72 bits per heavy atom. The normalized spacial score (nSPS) is 13.4. The summed E-state index contributed by atoms with van der Waals surface area (Å²) in [7, 11) is 0. The van der Waals surface area contributed by atoms with Gasteiger partial charge in [0.1, 0.15) is 23.2 Å². The summed E-state index contributed by atoms with van der Waals surface area (Å²) in [5, 5.41) is 19.2. The first-order valence-corrected chi connectivity index (χ1v) is 12.2. The Hall–Kier alpha value is -4.18. The molecule has 0 aromatic heterocycles. The Morgan fingerprint density at radius 2 is 1.15 bits per heavy atom. The predicted octanol–water partition coefficient (Wildman–Crippen LogP) is 3.51. The first-order chi connectivity index (χ1) is 18.5. The van der Waals surface area contributed by atoms with Gasteiger partial charge in [-0.2, -0.15) is 0 Å². The van der Waals surface area contributed by atoms with Gasteiger partial charge in [0.05, 0.1) is 6.04 Å². The number of Topliss-reactive ketones (excluding diaryl/α,β-unsaturated/α-hetero) is 2. The molecule has 10 heteroatoms. The van der Waals surface area contributed by atoms with E-state index in [9.17, 15) is 37.8 Å². The van der Waals surface area contributed by atoms with Crippen LogP contribution in [0.5, 0.6) is 11.5 Å². The van der Waals surface area contributed by atoms with Crippen molar-refractivity contribution in [1.82, 2.24) is 0 Å². The van der Waals surface area contributed by atoms with Gasteiger partial charge in [0.15, 0.2) is 17.3 Å². The lowest BCUT2D eigenvalue weighted by Crippen LogP contribution is -2.37. The Bertz CT molecular complexity index is 1360. The van der Waals surface area contributed by atoms with Gasteiger partial charge < -0.3 is 21.7 Å². The first-order valence-electron chi connectivity index (χ1n) is 12.2. The van der Waals surface area contributed by atoms with Crippen LogP contribution in [0.25, 0.3) is 0 Å². The van der Waals surface area contributed by atoms with Crippen molar-refractivity contribution in [1.29, 1.82) is 0 Å². The largest absolute Gasteiger partial charge is 0.504 e. The van der Waals surface area contributed by atoms with Crippen LogP contribution in [0.3, 0.4) is 0 Å². The van der Waals surface area contributed by atoms with Crippen LogP contribution in [0.15, 0.2) is 60.7 Å². The molecule has 0 aliphatic carbocycles. The van der Waals surface area contributed by atoms with Gasteiger partial charge in [-0.1, -0.05) is 36.4 Å². The number of halogens is 3. The van der Waals surface area contributed by atoms with Gasteiger partial charge in [-0.15, -0.1) is 0 Å². The number of hydrogen-bond acceptors (Lipinski definition) is 6. The Kier molecular flexibility index (Phi) is 9.84. The zero-order valence-electron chi connectivity index (χ0n) is 20.9. The number of aromatic hydroxyl groups is 2. The number of nitrogens with two attached hydrogens (primary N) is 2. The fourth-order valence-corrected chi connectivity index (χ4v) is 4.34. The van der Waals surface area contributed by atoms with Crippen molar-refractivity contribution in [2.24, 2.45) is 23.3 Å². The Labute approximate surface area is 223 Å². The highest BCUT2D eigenvalue weighted by molar-refractivity contribution is 5.92. The molecule has 39 heavy (non-hydrogen) atoms. The molecule has 0 radical (unpaired) electrons. The monoisotopic (exact) mass is 542 g/mol. The summed E-state index contributed by atoms with van der Waals surface area (Å²) in [6.45, 7) is 0. The number of benzene rings is 3. The van der Waals surface area contributed by atoms with Crippen LogP contribution in [0.2, 0.25) is 0 Å². The molecule has 3 aromatic carbocycles. The average molecular weight is 543 g/mol.